The first kappa shape index (κ1) is 47.4. The molecule has 0 N–H and O–H groups in total. The molecule has 310 valence electrons. The van der Waals surface area contributed by atoms with Crippen molar-refractivity contribution in [1.82, 2.24) is 9.55 Å². The van der Waals surface area contributed by atoms with Crippen LogP contribution in [-0.4, -0.2) is 65.8 Å². The van der Waals surface area contributed by atoms with Crippen molar-refractivity contribution in [1.29, 1.82) is 0 Å². The van der Waals surface area contributed by atoms with Gasteiger partial charge in [0.25, 0.3) is 0 Å². The molecule has 14 nitrogen and oxygen atoms in total. The first-order chi connectivity index (χ1) is 25.2. The van der Waals surface area contributed by atoms with Gasteiger partial charge in [0.1, 0.15) is 6.10 Å². The van der Waals surface area contributed by atoms with E-state index in [1.165, 1.54) is 38.7 Å². The minimum absolute atomic E-state index is 0.0153. The average molecular weight is 795 g/mol. The summed E-state index contributed by atoms with van der Waals surface area (Å²) in [6.45, 7) is 11.6. The molecule has 0 saturated carbocycles. The number of carbonyl (C=O) groups is 3. The summed E-state index contributed by atoms with van der Waals surface area (Å²) in [5, 5.41) is 0. The minimum atomic E-state index is -4.84. The molecular weight excluding hydrogens is 733 g/mol. The number of hydrogen-bond acceptors (Lipinski definition) is 13. The number of aromatic nitrogens is 2. The van der Waals surface area contributed by atoms with Crippen LogP contribution in [0.2, 0.25) is 0 Å². The third-order valence-electron chi connectivity index (χ3n) is 8.17. The second-order valence-electron chi connectivity index (χ2n) is 16.0. The van der Waals surface area contributed by atoms with Gasteiger partial charge in [0.05, 0.1) is 19.4 Å². The summed E-state index contributed by atoms with van der Waals surface area (Å²) < 4.78 is 82.9. The Balaban J connectivity index is 2.18. The van der Waals surface area contributed by atoms with Gasteiger partial charge in [0, 0.05) is 18.3 Å². The topological polar surface area (TPSA) is 168 Å². The van der Waals surface area contributed by atoms with Crippen LogP contribution in [-0.2, 0) is 51.5 Å². The second kappa shape index (κ2) is 22.1. The lowest BCUT2D eigenvalue weighted by atomic mass is 9.92. The van der Waals surface area contributed by atoms with Gasteiger partial charge in [-0.2, -0.15) is 13.8 Å². The average Bonchev–Trinajstić information content (AvgIpc) is 3.27. The molecule has 17 heteroatoms. The highest BCUT2D eigenvalue weighted by atomic mass is 31.2. The number of nitrogens with zero attached hydrogens (tertiary/aromatic N) is 2. The molecule has 0 radical (unpaired) electrons. The van der Waals surface area contributed by atoms with E-state index in [2.05, 4.69) is 11.9 Å². The maximum Gasteiger partial charge on any atom is 0.480 e. The van der Waals surface area contributed by atoms with Gasteiger partial charge in [0.15, 0.2) is 6.10 Å². The molecule has 1 saturated heterocycles. The number of hydrogen-bond donors (Lipinski definition) is 0. The van der Waals surface area contributed by atoms with E-state index in [1.807, 2.05) is 0 Å². The quantitative estimate of drug-likeness (QED) is 0.0322. The fourth-order valence-electron chi connectivity index (χ4n) is 5.44. The maximum absolute atomic E-state index is 16.1. The van der Waals surface area contributed by atoms with Crippen molar-refractivity contribution < 1.29 is 60.2 Å². The molecule has 0 aromatic carbocycles. The predicted octanol–water partition coefficient (Wildman–Crippen LogP) is 8.34. The van der Waals surface area contributed by atoms with E-state index >= 15 is 8.78 Å². The summed E-state index contributed by atoms with van der Waals surface area (Å²) in [6.07, 6.45) is 4.60. The summed E-state index contributed by atoms with van der Waals surface area (Å²) in [4.78, 5) is 53.7. The number of esters is 3. The van der Waals surface area contributed by atoms with Crippen molar-refractivity contribution >= 4 is 25.7 Å². The van der Waals surface area contributed by atoms with Crippen molar-refractivity contribution in [3.05, 3.63) is 28.4 Å². The first-order valence-electron chi connectivity index (χ1n) is 18.8. The van der Waals surface area contributed by atoms with E-state index in [-0.39, 0.29) is 25.0 Å². The Morgan fingerprint density at radius 3 is 1.81 bits per heavy atom. The fourth-order valence-corrected chi connectivity index (χ4v) is 6.36. The number of ether oxygens (including phenoxy) is 4. The molecule has 0 amide bonds. The molecule has 2 heterocycles. The molecular formula is C37H61F2N2O12P. The van der Waals surface area contributed by atoms with Crippen molar-refractivity contribution in [2.24, 2.45) is 10.8 Å². The summed E-state index contributed by atoms with van der Waals surface area (Å²) in [6, 6.07) is 1.33. The fraction of sp³-hybridized carbons (Fsp3) is 0.811. The van der Waals surface area contributed by atoms with Gasteiger partial charge < -0.3 is 18.9 Å². The normalized spacial score (nSPS) is 18.7. The van der Waals surface area contributed by atoms with Crippen LogP contribution in [0.15, 0.2) is 17.1 Å². The van der Waals surface area contributed by atoms with Crippen LogP contribution in [0.1, 0.15) is 144 Å². The third-order valence-corrected chi connectivity index (χ3v) is 9.48. The highest BCUT2D eigenvalue weighted by Crippen LogP contribution is 2.51. The number of carbonyl (C=O) groups excluding carboxylic acids is 3. The summed E-state index contributed by atoms with van der Waals surface area (Å²) >= 11 is 0. The van der Waals surface area contributed by atoms with Crippen LogP contribution in [0, 0.1) is 17.8 Å². The zero-order valence-electron chi connectivity index (χ0n) is 33.2. The maximum atomic E-state index is 16.1. The summed E-state index contributed by atoms with van der Waals surface area (Å²) in [7, 11) is -4.84. The number of rotatable bonds is 24. The lowest BCUT2D eigenvalue weighted by Gasteiger charge is -2.25. The van der Waals surface area contributed by atoms with Gasteiger partial charge in [-0.3, -0.25) is 23.5 Å². The van der Waals surface area contributed by atoms with Crippen molar-refractivity contribution in [2.75, 3.05) is 20.2 Å². The van der Waals surface area contributed by atoms with Gasteiger partial charge >= 0.3 is 37.3 Å². The molecule has 1 aromatic rings. The van der Waals surface area contributed by atoms with Gasteiger partial charge in [0.2, 0.25) is 19.8 Å². The van der Waals surface area contributed by atoms with Crippen LogP contribution in [0.25, 0.3) is 0 Å². The van der Waals surface area contributed by atoms with Crippen LogP contribution in [0.5, 0.6) is 0 Å². The van der Waals surface area contributed by atoms with Crippen molar-refractivity contribution in [3.8, 4) is 0 Å². The van der Waals surface area contributed by atoms with E-state index in [4.69, 9.17) is 32.5 Å². The lowest BCUT2D eigenvalue weighted by molar-refractivity contribution is -0.176. The first-order valence-corrected chi connectivity index (χ1v) is 20.3. The van der Waals surface area contributed by atoms with E-state index in [0.29, 0.717) is 17.4 Å². The van der Waals surface area contributed by atoms with Crippen LogP contribution >= 0.6 is 7.82 Å². The Hall–Kier alpha value is -2.78. The van der Waals surface area contributed by atoms with Crippen LogP contribution < -0.4 is 5.69 Å². The molecule has 1 aliphatic rings. The van der Waals surface area contributed by atoms with E-state index in [9.17, 15) is 23.7 Å². The predicted molar refractivity (Wildman–Crippen MR) is 194 cm³/mol. The largest absolute Gasteiger partial charge is 0.480 e. The Bertz CT molecular complexity index is 1400. The summed E-state index contributed by atoms with van der Waals surface area (Å²) in [5.41, 5.74) is -1.64. The van der Waals surface area contributed by atoms with Crippen LogP contribution in [0.4, 0.5) is 8.78 Å². The Kier molecular flexibility index (Phi) is 19.4. The van der Waals surface area contributed by atoms with Gasteiger partial charge in [-0.25, -0.2) is 18.4 Å². The Morgan fingerprint density at radius 1 is 0.833 bits per heavy atom. The number of phosphoric ester groups is 1. The Labute approximate surface area is 317 Å². The molecule has 0 aliphatic carbocycles. The highest BCUT2D eigenvalue weighted by Gasteiger charge is 2.63. The van der Waals surface area contributed by atoms with E-state index in [1.54, 1.807) is 41.5 Å². The zero-order chi connectivity index (χ0) is 40.6. The number of phosphoric acid groups is 1. The second-order valence-corrected chi connectivity index (χ2v) is 17.7. The van der Waals surface area contributed by atoms with E-state index in [0.717, 1.165) is 31.9 Å². The SMILES string of the molecule is CCCCCCCCCCCCC(=O)O[C@@H]1[C@@H](COP(=O)(OCOC(=O)CC(C)(C)C)OCOC(=O)CC(C)(C)C)O[C@@H](n2ccc(C)nc2=O)C1(F)F. The van der Waals surface area contributed by atoms with Gasteiger partial charge in [-0.05, 0) is 30.2 Å². The molecule has 54 heavy (non-hydrogen) atoms. The molecule has 1 aromatic heterocycles. The highest BCUT2D eigenvalue weighted by molar-refractivity contribution is 7.48. The van der Waals surface area contributed by atoms with Gasteiger partial charge in [-0.15, -0.1) is 0 Å². The molecule has 2 rings (SSSR count). The van der Waals surface area contributed by atoms with Crippen molar-refractivity contribution in [2.45, 2.75) is 163 Å². The standard InChI is InChI=1S/C37H61F2N2O12P/c1-9-10-11-12-13-14-15-16-17-18-19-29(42)53-32-28(52-33(37(32,38)39)41-21-20-27(2)40-34(41)45)24-49-54(46,50-25-47-30(43)22-35(3,4)5)51-26-48-31(44)23-36(6,7)8/h20-21,28,32-33H,9-19,22-26H2,1-8H3/t28-,32-,33-/m1/s1. The zero-order valence-corrected chi connectivity index (χ0v) is 34.1. The monoisotopic (exact) mass is 794 g/mol. The van der Waals surface area contributed by atoms with E-state index < -0.39 is 86.8 Å². The third kappa shape index (κ3) is 17.8. The van der Waals surface area contributed by atoms with Crippen molar-refractivity contribution in [3.63, 3.8) is 0 Å². The number of halogens is 2. The van der Waals surface area contributed by atoms with Gasteiger partial charge in [-0.1, -0.05) is 106 Å². The molecule has 3 atom stereocenters. The minimum Gasteiger partial charge on any atom is -0.453 e. The summed E-state index contributed by atoms with van der Waals surface area (Å²) in [5.74, 6) is -6.30. The Morgan fingerprint density at radius 2 is 1.33 bits per heavy atom. The molecule has 0 unspecified atom stereocenters. The molecule has 1 aliphatic heterocycles. The smallest absolute Gasteiger partial charge is 0.453 e. The molecule has 1 fully saturated rings. The number of alkyl halides is 2. The molecule has 0 spiro atoms. The number of aryl methyl sites for hydroxylation is 1. The molecule has 0 bridgehead atoms. The lowest BCUT2D eigenvalue weighted by Crippen LogP contribution is -2.44. The van der Waals surface area contributed by atoms with Crippen LogP contribution in [0.3, 0.4) is 0 Å². The number of unbranched alkanes of at least 4 members (excludes halogenated alkanes) is 9.